The first-order valence-corrected chi connectivity index (χ1v) is 5.81. The van der Waals surface area contributed by atoms with Crippen molar-refractivity contribution in [3.05, 3.63) is 29.1 Å². The SMILES string of the molecule is CCC(C)C(N)c1nc2cc(Cl)ccc2o1. The molecule has 3 nitrogen and oxygen atoms in total. The Morgan fingerprint density at radius 2 is 2.25 bits per heavy atom. The van der Waals surface area contributed by atoms with Crippen LogP contribution in [0.1, 0.15) is 32.2 Å². The van der Waals surface area contributed by atoms with E-state index in [0.29, 0.717) is 16.8 Å². The quantitative estimate of drug-likeness (QED) is 0.890. The van der Waals surface area contributed by atoms with Gasteiger partial charge in [-0.05, 0) is 24.1 Å². The molecule has 2 rings (SSSR count). The van der Waals surface area contributed by atoms with Gasteiger partial charge in [-0.1, -0.05) is 31.9 Å². The molecule has 0 spiro atoms. The smallest absolute Gasteiger partial charge is 0.212 e. The standard InChI is InChI=1S/C12H15ClN2O/c1-3-7(2)11(14)12-15-9-6-8(13)4-5-10(9)16-12/h4-7,11H,3,14H2,1-2H3. The Morgan fingerprint density at radius 1 is 1.50 bits per heavy atom. The summed E-state index contributed by atoms with van der Waals surface area (Å²) in [4.78, 5) is 4.37. The minimum absolute atomic E-state index is 0.156. The fraction of sp³-hybridized carbons (Fsp3) is 0.417. The van der Waals surface area contributed by atoms with Crippen molar-refractivity contribution in [3.8, 4) is 0 Å². The summed E-state index contributed by atoms with van der Waals surface area (Å²) >= 11 is 5.88. The highest BCUT2D eigenvalue weighted by atomic mass is 35.5. The topological polar surface area (TPSA) is 52.0 Å². The lowest BCUT2D eigenvalue weighted by molar-refractivity contribution is 0.375. The van der Waals surface area contributed by atoms with Crippen LogP contribution < -0.4 is 5.73 Å². The lowest BCUT2D eigenvalue weighted by Crippen LogP contribution is -2.18. The van der Waals surface area contributed by atoms with Gasteiger partial charge in [0.2, 0.25) is 5.89 Å². The third-order valence-electron chi connectivity index (χ3n) is 2.91. The summed E-state index contributed by atoms with van der Waals surface area (Å²) in [5.74, 6) is 0.940. The van der Waals surface area contributed by atoms with Crippen molar-refractivity contribution in [1.29, 1.82) is 0 Å². The molecule has 0 aliphatic rings. The van der Waals surface area contributed by atoms with E-state index < -0.39 is 0 Å². The predicted molar refractivity (Wildman–Crippen MR) is 65.4 cm³/mol. The van der Waals surface area contributed by atoms with Gasteiger partial charge in [0.1, 0.15) is 5.52 Å². The Labute approximate surface area is 99.6 Å². The molecule has 0 aliphatic heterocycles. The van der Waals surface area contributed by atoms with E-state index in [0.717, 1.165) is 17.5 Å². The molecule has 2 unspecified atom stereocenters. The van der Waals surface area contributed by atoms with E-state index in [1.807, 2.05) is 6.07 Å². The third-order valence-corrected chi connectivity index (χ3v) is 3.14. The molecule has 1 heterocycles. The molecule has 0 aliphatic carbocycles. The first-order chi connectivity index (χ1) is 7.61. The molecule has 0 saturated carbocycles. The van der Waals surface area contributed by atoms with Crippen LogP contribution in [0.4, 0.5) is 0 Å². The number of halogens is 1. The zero-order valence-corrected chi connectivity index (χ0v) is 10.2. The minimum atomic E-state index is -0.156. The van der Waals surface area contributed by atoms with E-state index in [9.17, 15) is 0 Å². The van der Waals surface area contributed by atoms with Crippen molar-refractivity contribution < 1.29 is 4.42 Å². The molecule has 2 aromatic rings. The Bertz CT molecular complexity index is 495. The summed E-state index contributed by atoms with van der Waals surface area (Å²) in [6.45, 7) is 4.19. The van der Waals surface area contributed by atoms with Crippen LogP contribution in [0.2, 0.25) is 5.02 Å². The second-order valence-electron chi connectivity index (χ2n) is 4.08. The van der Waals surface area contributed by atoms with Crippen molar-refractivity contribution >= 4 is 22.7 Å². The van der Waals surface area contributed by atoms with Crippen LogP contribution in [-0.2, 0) is 0 Å². The molecule has 0 fully saturated rings. The van der Waals surface area contributed by atoms with E-state index >= 15 is 0 Å². The molecule has 16 heavy (non-hydrogen) atoms. The largest absolute Gasteiger partial charge is 0.439 e. The predicted octanol–water partition coefficient (Wildman–Crippen LogP) is 3.53. The molecule has 0 radical (unpaired) electrons. The van der Waals surface area contributed by atoms with Crippen LogP contribution in [0.15, 0.2) is 22.6 Å². The highest BCUT2D eigenvalue weighted by Crippen LogP contribution is 2.26. The number of oxazole rings is 1. The van der Waals surface area contributed by atoms with Gasteiger partial charge in [-0.3, -0.25) is 0 Å². The van der Waals surface area contributed by atoms with Crippen LogP contribution in [0.25, 0.3) is 11.1 Å². The molecule has 0 bridgehead atoms. The third kappa shape index (κ3) is 2.06. The second kappa shape index (κ2) is 4.44. The maximum Gasteiger partial charge on any atom is 0.212 e. The van der Waals surface area contributed by atoms with Crippen LogP contribution in [0.3, 0.4) is 0 Å². The Balaban J connectivity index is 2.39. The lowest BCUT2D eigenvalue weighted by atomic mass is 10.0. The summed E-state index contributed by atoms with van der Waals surface area (Å²) in [6.07, 6.45) is 1.00. The molecule has 1 aromatic carbocycles. The summed E-state index contributed by atoms with van der Waals surface area (Å²) < 4.78 is 5.61. The molecule has 2 N–H and O–H groups in total. The number of hydrogen-bond donors (Lipinski definition) is 1. The van der Waals surface area contributed by atoms with Crippen LogP contribution in [0, 0.1) is 5.92 Å². The summed E-state index contributed by atoms with van der Waals surface area (Å²) in [5, 5.41) is 0.657. The van der Waals surface area contributed by atoms with Crippen molar-refractivity contribution in [2.45, 2.75) is 26.3 Å². The van der Waals surface area contributed by atoms with E-state index in [-0.39, 0.29) is 6.04 Å². The van der Waals surface area contributed by atoms with Crippen molar-refractivity contribution in [1.82, 2.24) is 4.98 Å². The number of rotatable bonds is 3. The van der Waals surface area contributed by atoms with E-state index in [2.05, 4.69) is 18.8 Å². The monoisotopic (exact) mass is 238 g/mol. The van der Waals surface area contributed by atoms with Crippen molar-refractivity contribution in [2.75, 3.05) is 0 Å². The Kier molecular flexibility index (Phi) is 3.17. The second-order valence-corrected chi connectivity index (χ2v) is 4.51. The zero-order chi connectivity index (χ0) is 11.7. The van der Waals surface area contributed by atoms with Crippen LogP contribution >= 0.6 is 11.6 Å². The number of fused-ring (bicyclic) bond motifs is 1. The van der Waals surface area contributed by atoms with Gasteiger partial charge < -0.3 is 10.2 Å². The highest BCUT2D eigenvalue weighted by Gasteiger charge is 2.19. The molecular formula is C12H15ClN2O. The van der Waals surface area contributed by atoms with Gasteiger partial charge in [-0.15, -0.1) is 0 Å². The normalized spacial score (nSPS) is 15.2. The fourth-order valence-electron chi connectivity index (χ4n) is 1.56. The first kappa shape index (κ1) is 11.4. The molecule has 1 aromatic heterocycles. The molecule has 4 heteroatoms. The Morgan fingerprint density at radius 3 is 2.94 bits per heavy atom. The number of nitrogens with zero attached hydrogens (tertiary/aromatic N) is 1. The van der Waals surface area contributed by atoms with Gasteiger partial charge in [0.05, 0.1) is 6.04 Å². The summed E-state index contributed by atoms with van der Waals surface area (Å²) in [5.41, 5.74) is 7.56. The number of benzene rings is 1. The number of nitrogens with two attached hydrogens (primary N) is 1. The van der Waals surface area contributed by atoms with Gasteiger partial charge in [0.25, 0.3) is 0 Å². The summed E-state index contributed by atoms with van der Waals surface area (Å²) in [7, 11) is 0. The van der Waals surface area contributed by atoms with Crippen LogP contribution in [0.5, 0.6) is 0 Å². The van der Waals surface area contributed by atoms with Crippen LogP contribution in [-0.4, -0.2) is 4.98 Å². The maximum atomic E-state index is 6.06. The fourth-order valence-corrected chi connectivity index (χ4v) is 1.72. The van der Waals surface area contributed by atoms with Crippen molar-refractivity contribution in [2.24, 2.45) is 11.7 Å². The van der Waals surface area contributed by atoms with Gasteiger partial charge in [-0.25, -0.2) is 4.98 Å². The molecule has 86 valence electrons. The van der Waals surface area contributed by atoms with Gasteiger partial charge in [0.15, 0.2) is 5.58 Å². The highest BCUT2D eigenvalue weighted by molar-refractivity contribution is 6.31. The van der Waals surface area contributed by atoms with E-state index in [1.54, 1.807) is 12.1 Å². The molecule has 0 saturated heterocycles. The summed E-state index contributed by atoms with van der Waals surface area (Å²) in [6, 6.07) is 5.23. The van der Waals surface area contributed by atoms with E-state index in [1.165, 1.54) is 0 Å². The van der Waals surface area contributed by atoms with Gasteiger partial charge in [-0.2, -0.15) is 0 Å². The molecular weight excluding hydrogens is 224 g/mol. The van der Waals surface area contributed by atoms with E-state index in [4.69, 9.17) is 21.8 Å². The number of hydrogen-bond acceptors (Lipinski definition) is 3. The first-order valence-electron chi connectivity index (χ1n) is 5.43. The Hall–Kier alpha value is -1.06. The number of aromatic nitrogens is 1. The van der Waals surface area contributed by atoms with Crippen molar-refractivity contribution in [3.63, 3.8) is 0 Å². The van der Waals surface area contributed by atoms with Gasteiger partial charge >= 0.3 is 0 Å². The molecule has 0 amide bonds. The lowest BCUT2D eigenvalue weighted by Gasteiger charge is -2.13. The average Bonchev–Trinajstić information content (AvgIpc) is 2.69. The zero-order valence-electron chi connectivity index (χ0n) is 9.40. The van der Waals surface area contributed by atoms with Gasteiger partial charge in [0, 0.05) is 5.02 Å². The average molecular weight is 239 g/mol. The maximum absolute atomic E-state index is 6.06. The molecule has 2 atom stereocenters. The minimum Gasteiger partial charge on any atom is -0.439 e.